The molecule has 0 unspecified atom stereocenters. The number of halogens is 2. The van der Waals surface area contributed by atoms with E-state index in [4.69, 9.17) is 0 Å². The summed E-state index contributed by atoms with van der Waals surface area (Å²) in [5, 5.41) is 0.394. The number of hydrogen-bond acceptors (Lipinski definition) is 3. The van der Waals surface area contributed by atoms with E-state index in [9.17, 15) is 8.78 Å². The average molecular weight is 297 g/mol. The Labute approximate surface area is 126 Å². The molecule has 3 nitrogen and oxygen atoms in total. The van der Waals surface area contributed by atoms with Gasteiger partial charge in [-0.05, 0) is 24.6 Å². The molecule has 3 aromatic rings. The highest BCUT2D eigenvalue weighted by Crippen LogP contribution is 2.40. The van der Waals surface area contributed by atoms with Crippen molar-refractivity contribution in [3.8, 4) is 0 Å². The molecule has 2 aromatic carbocycles. The van der Waals surface area contributed by atoms with Crippen LogP contribution in [0.3, 0.4) is 0 Å². The normalized spacial score (nSPS) is 17.5. The summed E-state index contributed by atoms with van der Waals surface area (Å²) in [6.07, 6.45) is 2.24. The third kappa shape index (κ3) is 1.93. The molecule has 5 heteroatoms. The summed E-state index contributed by atoms with van der Waals surface area (Å²) in [6.45, 7) is 0.722. The predicted octanol–water partition coefficient (Wildman–Crippen LogP) is 3.86. The molecule has 0 amide bonds. The summed E-state index contributed by atoms with van der Waals surface area (Å²) < 4.78 is 28.2. The van der Waals surface area contributed by atoms with E-state index >= 15 is 0 Å². The number of fused-ring (bicyclic) bond motifs is 1. The molecule has 0 spiro atoms. The largest absolute Gasteiger partial charge is 0.349 e. The summed E-state index contributed by atoms with van der Waals surface area (Å²) in [5.74, 6) is -0.0640. The van der Waals surface area contributed by atoms with Gasteiger partial charge in [-0.25, -0.2) is 18.7 Å². The van der Waals surface area contributed by atoms with Crippen molar-refractivity contribution in [1.29, 1.82) is 0 Å². The van der Waals surface area contributed by atoms with E-state index in [-0.39, 0.29) is 17.7 Å². The molecule has 4 rings (SSSR count). The van der Waals surface area contributed by atoms with Gasteiger partial charge in [0.15, 0.2) is 0 Å². The lowest BCUT2D eigenvalue weighted by Gasteiger charge is -2.42. The van der Waals surface area contributed by atoms with Crippen LogP contribution in [-0.2, 0) is 0 Å². The molecule has 22 heavy (non-hydrogen) atoms. The van der Waals surface area contributed by atoms with Gasteiger partial charge in [0.1, 0.15) is 23.8 Å². The van der Waals surface area contributed by atoms with E-state index in [0.29, 0.717) is 22.3 Å². The maximum absolute atomic E-state index is 14.2. The average Bonchev–Trinajstić information content (AvgIpc) is 2.49. The van der Waals surface area contributed by atoms with Crippen LogP contribution in [0.2, 0.25) is 0 Å². The summed E-state index contributed by atoms with van der Waals surface area (Å²) in [7, 11) is 0. The Balaban J connectivity index is 1.82. The van der Waals surface area contributed by atoms with Crippen LogP contribution in [0.1, 0.15) is 18.0 Å². The molecule has 1 fully saturated rings. The minimum atomic E-state index is -0.354. The molecular weight excluding hydrogens is 284 g/mol. The smallest absolute Gasteiger partial charge is 0.143 e. The number of rotatable bonds is 2. The number of anilines is 1. The van der Waals surface area contributed by atoms with Crippen LogP contribution in [0.5, 0.6) is 0 Å². The van der Waals surface area contributed by atoms with E-state index in [1.54, 1.807) is 24.3 Å². The summed E-state index contributed by atoms with van der Waals surface area (Å²) in [6, 6.07) is 11.4. The molecule has 1 aromatic heterocycles. The minimum Gasteiger partial charge on any atom is -0.349 e. The lowest BCUT2D eigenvalue weighted by Crippen LogP contribution is -2.42. The zero-order valence-electron chi connectivity index (χ0n) is 11.7. The first-order chi connectivity index (χ1) is 10.8. The van der Waals surface area contributed by atoms with Gasteiger partial charge in [-0.3, -0.25) is 0 Å². The highest BCUT2D eigenvalue weighted by Gasteiger charge is 2.33. The van der Waals surface area contributed by atoms with Crippen molar-refractivity contribution in [3.63, 3.8) is 0 Å². The standard InChI is InChI=1S/C17H13F2N3/c18-12-5-2-1-4-11(12)15-8-9-22(15)17-16-13(19)6-3-7-14(16)20-10-21-17/h1-7,10,15H,8-9H2/t15-/m0/s1. The SMILES string of the molecule is Fc1ccccc1[C@@H]1CCN1c1ncnc2cccc(F)c12. The van der Waals surface area contributed by atoms with E-state index in [1.165, 1.54) is 18.5 Å². The van der Waals surface area contributed by atoms with Gasteiger partial charge in [0.2, 0.25) is 0 Å². The molecule has 110 valence electrons. The molecule has 1 atom stereocenters. The van der Waals surface area contributed by atoms with Gasteiger partial charge in [-0.1, -0.05) is 24.3 Å². The monoisotopic (exact) mass is 297 g/mol. The molecule has 0 saturated carbocycles. The first kappa shape index (κ1) is 13.1. The van der Waals surface area contributed by atoms with E-state index in [1.807, 2.05) is 11.0 Å². The van der Waals surface area contributed by atoms with Crippen molar-refractivity contribution in [2.75, 3.05) is 11.4 Å². The van der Waals surface area contributed by atoms with Crippen molar-refractivity contribution in [2.45, 2.75) is 12.5 Å². The Bertz CT molecular complexity index is 845. The second-order valence-corrected chi connectivity index (χ2v) is 5.35. The van der Waals surface area contributed by atoms with Crippen molar-refractivity contribution in [1.82, 2.24) is 9.97 Å². The maximum atomic E-state index is 14.2. The Morgan fingerprint density at radius 3 is 2.55 bits per heavy atom. The molecule has 1 aliphatic heterocycles. The summed E-state index contributed by atoms with van der Waals surface area (Å²) >= 11 is 0. The molecule has 1 aliphatic rings. The topological polar surface area (TPSA) is 29.0 Å². The van der Waals surface area contributed by atoms with E-state index in [0.717, 1.165) is 13.0 Å². The first-order valence-corrected chi connectivity index (χ1v) is 7.16. The van der Waals surface area contributed by atoms with Crippen molar-refractivity contribution >= 4 is 16.7 Å². The van der Waals surface area contributed by atoms with Gasteiger partial charge in [0, 0.05) is 12.1 Å². The Morgan fingerprint density at radius 1 is 0.955 bits per heavy atom. The van der Waals surface area contributed by atoms with Gasteiger partial charge < -0.3 is 4.90 Å². The Morgan fingerprint density at radius 2 is 1.77 bits per heavy atom. The van der Waals surface area contributed by atoms with Crippen LogP contribution >= 0.6 is 0 Å². The molecule has 0 radical (unpaired) electrons. The lowest BCUT2D eigenvalue weighted by molar-refractivity contribution is 0.441. The van der Waals surface area contributed by atoms with Crippen LogP contribution in [0, 0.1) is 11.6 Å². The molecule has 1 saturated heterocycles. The number of hydrogen-bond donors (Lipinski definition) is 0. The van der Waals surface area contributed by atoms with E-state index < -0.39 is 0 Å². The molecule has 2 heterocycles. The second kappa shape index (κ2) is 5.02. The maximum Gasteiger partial charge on any atom is 0.143 e. The summed E-state index contributed by atoms with van der Waals surface area (Å²) in [4.78, 5) is 10.3. The Hall–Kier alpha value is -2.56. The summed E-state index contributed by atoms with van der Waals surface area (Å²) in [5.41, 5.74) is 1.18. The second-order valence-electron chi connectivity index (χ2n) is 5.35. The fraction of sp³-hybridized carbons (Fsp3) is 0.176. The highest BCUT2D eigenvalue weighted by molar-refractivity contribution is 5.90. The zero-order chi connectivity index (χ0) is 15.1. The van der Waals surface area contributed by atoms with Crippen molar-refractivity contribution in [2.24, 2.45) is 0 Å². The lowest BCUT2D eigenvalue weighted by atomic mass is 9.94. The molecular formula is C17H13F2N3. The van der Waals surface area contributed by atoms with Crippen molar-refractivity contribution < 1.29 is 8.78 Å². The van der Waals surface area contributed by atoms with Gasteiger partial charge >= 0.3 is 0 Å². The Kier molecular flexibility index (Phi) is 2.99. The van der Waals surface area contributed by atoms with Gasteiger partial charge in [-0.15, -0.1) is 0 Å². The fourth-order valence-electron chi connectivity index (χ4n) is 2.98. The molecule has 0 N–H and O–H groups in total. The zero-order valence-corrected chi connectivity index (χ0v) is 11.7. The van der Waals surface area contributed by atoms with Gasteiger partial charge in [-0.2, -0.15) is 0 Å². The molecule has 0 aliphatic carbocycles. The molecule has 0 bridgehead atoms. The number of aromatic nitrogens is 2. The predicted molar refractivity (Wildman–Crippen MR) is 80.6 cm³/mol. The van der Waals surface area contributed by atoms with Crippen LogP contribution in [0.4, 0.5) is 14.6 Å². The van der Waals surface area contributed by atoms with Crippen LogP contribution in [-0.4, -0.2) is 16.5 Å². The highest BCUT2D eigenvalue weighted by atomic mass is 19.1. The van der Waals surface area contributed by atoms with Gasteiger partial charge in [0.25, 0.3) is 0 Å². The van der Waals surface area contributed by atoms with Crippen LogP contribution in [0.25, 0.3) is 10.9 Å². The first-order valence-electron chi connectivity index (χ1n) is 7.16. The van der Waals surface area contributed by atoms with Gasteiger partial charge in [0.05, 0.1) is 16.9 Å². The quantitative estimate of drug-likeness (QED) is 0.719. The number of nitrogens with zero attached hydrogens (tertiary/aromatic N) is 3. The van der Waals surface area contributed by atoms with Crippen LogP contribution in [0.15, 0.2) is 48.8 Å². The number of benzene rings is 2. The fourth-order valence-corrected chi connectivity index (χ4v) is 2.98. The minimum absolute atomic E-state index is 0.112. The third-order valence-corrected chi connectivity index (χ3v) is 4.15. The third-order valence-electron chi connectivity index (χ3n) is 4.15. The van der Waals surface area contributed by atoms with E-state index in [2.05, 4.69) is 9.97 Å². The van der Waals surface area contributed by atoms with Crippen molar-refractivity contribution in [3.05, 3.63) is 66.0 Å². The van der Waals surface area contributed by atoms with Crippen LogP contribution < -0.4 is 4.90 Å².